The van der Waals surface area contributed by atoms with Gasteiger partial charge in [-0.2, -0.15) is 4.98 Å². The van der Waals surface area contributed by atoms with Crippen molar-refractivity contribution in [1.82, 2.24) is 9.97 Å². The highest BCUT2D eigenvalue weighted by Crippen LogP contribution is 2.24. The second-order valence-corrected chi connectivity index (χ2v) is 3.40. The highest BCUT2D eigenvalue weighted by molar-refractivity contribution is 5.65. The van der Waals surface area contributed by atoms with Crippen LogP contribution < -0.4 is 4.74 Å². The van der Waals surface area contributed by atoms with Crippen molar-refractivity contribution in [2.24, 2.45) is 0 Å². The van der Waals surface area contributed by atoms with Crippen molar-refractivity contribution in [2.75, 3.05) is 7.11 Å². The lowest BCUT2D eigenvalue weighted by atomic mass is 10.1. The number of rotatable bonds is 2. The lowest BCUT2D eigenvalue weighted by molar-refractivity contribution is 0.379. The van der Waals surface area contributed by atoms with E-state index in [-0.39, 0.29) is 5.75 Å². The number of phenols is 1. The van der Waals surface area contributed by atoms with Crippen LogP contribution in [0.2, 0.25) is 0 Å². The monoisotopic (exact) mass is 216 g/mol. The van der Waals surface area contributed by atoms with E-state index in [9.17, 15) is 5.11 Å². The zero-order chi connectivity index (χ0) is 11.5. The summed E-state index contributed by atoms with van der Waals surface area (Å²) in [5, 5.41) is 9.20. The van der Waals surface area contributed by atoms with Gasteiger partial charge in [-0.05, 0) is 24.6 Å². The van der Waals surface area contributed by atoms with E-state index in [1.165, 1.54) is 7.11 Å². The van der Waals surface area contributed by atoms with Gasteiger partial charge in [0.05, 0.1) is 12.8 Å². The van der Waals surface area contributed by atoms with Crippen molar-refractivity contribution in [3.05, 3.63) is 36.2 Å². The summed E-state index contributed by atoms with van der Waals surface area (Å²) in [6.45, 7) is 1.90. The average molecular weight is 216 g/mol. The first kappa shape index (κ1) is 10.4. The Labute approximate surface area is 93.6 Å². The molecule has 1 N–H and O–H groups in total. The molecule has 16 heavy (non-hydrogen) atoms. The molecule has 2 rings (SSSR count). The summed E-state index contributed by atoms with van der Waals surface area (Å²) < 4.78 is 4.94. The fourth-order valence-corrected chi connectivity index (χ4v) is 1.47. The number of aryl methyl sites for hydroxylation is 1. The highest BCUT2D eigenvalue weighted by Gasteiger charge is 2.05. The number of hydrogen-bond acceptors (Lipinski definition) is 4. The van der Waals surface area contributed by atoms with Crippen LogP contribution >= 0.6 is 0 Å². The Morgan fingerprint density at radius 1 is 1.19 bits per heavy atom. The van der Waals surface area contributed by atoms with E-state index in [0.717, 1.165) is 16.8 Å². The van der Waals surface area contributed by atoms with Crippen molar-refractivity contribution in [2.45, 2.75) is 6.92 Å². The Bertz CT molecular complexity index is 495. The molecule has 4 heteroatoms. The number of hydrogen-bond donors (Lipinski definition) is 1. The first-order chi connectivity index (χ1) is 7.70. The minimum Gasteiger partial charge on any atom is -0.508 e. The minimum atomic E-state index is 0.246. The van der Waals surface area contributed by atoms with Crippen LogP contribution in [0.5, 0.6) is 11.8 Å². The van der Waals surface area contributed by atoms with E-state index in [2.05, 4.69) is 9.97 Å². The normalized spacial score (nSPS) is 10.1. The zero-order valence-electron chi connectivity index (χ0n) is 9.14. The molecule has 1 heterocycles. The van der Waals surface area contributed by atoms with Gasteiger partial charge in [0.15, 0.2) is 0 Å². The summed E-state index contributed by atoms with van der Waals surface area (Å²) in [4.78, 5) is 8.26. The summed E-state index contributed by atoms with van der Waals surface area (Å²) in [6.07, 6.45) is 1.72. The molecule has 0 unspecified atom stereocenters. The summed E-state index contributed by atoms with van der Waals surface area (Å²) in [6, 6.07) is 7.29. The first-order valence-electron chi connectivity index (χ1n) is 4.88. The lowest BCUT2D eigenvalue weighted by Gasteiger charge is -2.06. The predicted molar refractivity (Wildman–Crippen MR) is 60.4 cm³/mol. The number of aromatic nitrogens is 2. The molecule has 0 aliphatic heterocycles. The second-order valence-electron chi connectivity index (χ2n) is 3.40. The maximum Gasteiger partial charge on any atom is 0.316 e. The van der Waals surface area contributed by atoms with Crippen LogP contribution in [0.1, 0.15) is 5.69 Å². The van der Waals surface area contributed by atoms with Crippen LogP contribution in [0.25, 0.3) is 11.1 Å². The molecule has 0 saturated carbocycles. The van der Waals surface area contributed by atoms with Crippen LogP contribution in [-0.2, 0) is 0 Å². The second kappa shape index (κ2) is 4.18. The molecule has 4 nitrogen and oxygen atoms in total. The molecule has 0 amide bonds. The fourth-order valence-electron chi connectivity index (χ4n) is 1.47. The molecule has 1 aromatic heterocycles. The van der Waals surface area contributed by atoms with Gasteiger partial charge in [-0.3, -0.25) is 0 Å². The van der Waals surface area contributed by atoms with Gasteiger partial charge in [-0.15, -0.1) is 0 Å². The van der Waals surface area contributed by atoms with Gasteiger partial charge < -0.3 is 9.84 Å². The first-order valence-corrected chi connectivity index (χ1v) is 4.88. The van der Waals surface area contributed by atoms with E-state index in [1.807, 2.05) is 19.1 Å². The highest BCUT2D eigenvalue weighted by atomic mass is 16.5. The molecule has 0 spiro atoms. The van der Waals surface area contributed by atoms with E-state index in [0.29, 0.717) is 6.01 Å². The Balaban J connectivity index is 2.44. The SMILES string of the molecule is COc1ncc(-c2ccc(O)cc2)c(C)n1. The maximum atomic E-state index is 9.20. The van der Waals surface area contributed by atoms with Gasteiger partial charge in [-0.25, -0.2) is 4.98 Å². The smallest absolute Gasteiger partial charge is 0.316 e. The third kappa shape index (κ3) is 1.95. The molecule has 0 fully saturated rings. The van der Waals surface area contributed by atoms with Gasteiger partial charge in [0.2, 0.25) is 0 Å². The van der Waals surface area contributed by atoms with Crippen molar-refractivity contribution < 1.29 is 9.84 Å². The Kier molecular flexibility index (Phi) is 2.72. The molecule has 0 saturated heterocycles. The van der Waals surface area contributed by atoms with Crippen molar-refractivity contribution in [3.63, 3.8) is 0 Å². The standard InChI is InChI=1S/C12H12N2O2/c1-8-11(7-13-12(14-8)16-2)9-3-5-10(15)6-4-9/h3-7,15H,1-2H3. The van der Waals surface area contributed by atoms with Crippen LogP contribution in [0.15, 0.2) is 30.5 Å². The molecule has 82 valence electrons. The van der Waals surface area contributed by atoms with Gasteiger partial charge >= 0.3 is 6.01 Å². The van der Waals surface area contributed by atoms with E-state index in [1.54, 1.807) is 18.3 Å². The lowest BCUT2D eigenvalue weighted by Crippen LogP contribution is -1.95. The number of benzene rings is 1. The molecule has 2 aromatic rings. The number of nitrogens with zero attached hydrogens (tertiary/aromatic N) is 2. The molecule has 0 aliphatic carbocycles. The number of phenolic OH excluding ortho intramolecular Hbond substituents is 1. The quantitative estimate of drug-likeness (QED) is 0.835. The molecule has 0 atom stereocenters. The van der Waals surface area contributed by atoms with Gasteiger partial charge in [0.25, 0.3) is 0 Å². The van der Waals surface area contributed by atoms with Crippen LogP contribution in [0.3, 0.4) is 0 Å². The Hall–Kier alpha value is -2.10. The van der Waals surface area contributed by atoms with E-state index < -0.39 is 0 Å². The molecule has 1 aromatic carbocycles. The summed E-state index contributed by atoms with van der Waals surface area (Å²) >= 11 is 0. The van der Waals surface area contributed by atoms with Crippen LogP contribution in [0.4, 0.5) is 0 Å². The van der Waals surface area contributed by atoms with Crippen LogP contribution in [0, 0.1) is 6.92 Å². The molecular formula is C12H12N2O2. The Morgan fingerprint density at radius 2 is 1.88 bits per heavy atom. The van der Waals surface area contributed by atoms with Crippen molar-refractivity contribution in [1.29, 1.82) is 0 Å². The van der Waals surface area contributed by atoms with Crippen LogP contribution in [-0.4, -0.2) is 22.2 Å². The molecule has 0 radical (unpaired) electrons. The zero-order valence-corrected chi connectivity index (χ0v) is 9.14. The topological polar surface area (TPSA) is 55.2 Å². The molecule has 0 bridgehead atoms. The largest absolute Gasteiger partial charge is 0.508 e. The third-order valence-corrected chi connectivity index (χ3v) is 2.32. The molecular weight excluding hydrogens is 204 g/mol. The van der Waals surface area contributed by atoms with Gasteiger partial charge in [-0.1, -0.05) is 12.1 Å². The summed E-state index contributed by atoms with van der Waals surface area (Å²) in [5.41, 5.74) is 2.75. The van der Waals surface area contributed by atoms with E-state index >= 15 is 0 Å². The Morgan fingerprint density at radius 3 is 2.44 bits per heavy atom. The molecule has 0 aliphatic rings. The van der Waals surface area contributed by atoms with Gasteiger partial charge in [0, 0.05) is 11.8 Å². The van der Waals surface area contributed by atoms with E-state index in [4.69, 9.17) is 4.74 Å². The minimum absolute atomic E-state index is 0.246. The summed E-state index contributed by atoms with van der Waals surface area (Å²) in [5.74, 6) is 0.246. The maximum absolute atomic E-state index is 9.20. The summed E-state index contributed by atoms with van der Waals surface area (Å²) in [7, 11) is 1.54. The van der Waals surface area contributed by atoms with Gasteiger partial charge in [0.1, 0.15) is 5.75 Å². The fraction of sp³-hybridized carbons (Fsp3) is 0.167. The number of methoxy groups -OCH3 is 1. The predicted octanol–water partition coefficient (Wildman–Crippen LogP) is 2.17. The number of aromatic hydroxyl groups is 1. The van der Waals surface area contributed by atoms with Crippen molar-refractivity contribution >= 4 is 0 Å². The number of ether oxygens (including phenoxy) is 1. The average Bonchev–Trinajstić information content (AvgIpc) is 2.30. The third-order valence-electron chi connectivity index (χ3n) is 2.32. The van der Waals surface area contributed by atoms with Crippen molar-refractivity contribution in [3.8, 4) is 22.9 Å².